The quantitative estimate of drug-likeness (QED) is 0.293. The van der Waals surface area contributed by atoms with Gasteiger partial charge in [0.25, 0.3) is 0 Å². The van der Waals surface area contributed by atoms with Crippen molar-refractivity contribution < 1.29 is 76.8 Å². The summed E-state index contributed by atoms with van der Waals surface area (Å²) in [4.78, 5) is 34.2. The van der Waals surface area contributed by atoms with E-state index in [0.717, 1.165) is 101 Å². The third-order valence-electron chi connectivity index (χ3n) is 9.81. The van der Waals surface area contributed by atoms with E-state index in [1.165, 1.54) is 0 Å². The fourth-order valence-corrected chi connectivity index (χ4v) is 7.09. The second-order valence-corrected chi connectivity index (χ2v) is 13.6. The number of aliphatic carboxylic acids is 2. The van der Waals surface area contributed by atoms with E-state index in [-0.39, 0.29) is 25.8 Å². The van der Waals surface area contributed by atoms with E-state index in [1.807, 2.05) is 12.1 Å². The molecule has 2 saturated heterocycles. The van der Waals surface area contributed by atoms with Gasteiger partial charge in [-0.05, 0) is 12.1 Å². The molecule has 6 aliphatic rings. The molecule has 0 aromatic heterocycles. The van der Waals surface area contributed by atoms with Crippen molar-refractivity contribution >= 4 is 23.4 Å². The third-order valence-corrected chi connectivity index (χ3v) is 9.81. The summed E-state index contributed by atoms with van der Waals surface area (Å²) >= 11 is 0. The van der Waals surface area contributed by atoms with Crippen LogP contribution in [0.2, 0.25) is 0 Å². The Labute approximate surface area is 334 Å². The maximum Gasteiger partial charge on any atom is 0.414 e. The first kappa shape index (κ1) is 42.2. The van der Waals surface area contributed by atoms with Crippen molar-refractivity contribution in [2.75, 3.05) is 108 Å². The monoisotopic (exact) mass is 818 g/mol. The number of rotatable bonds is 12. The highest BCUT2D eigenvalue weighted by atomic mass is 16.7. The normalized spacial score (nSPS) is 20.6. The van der Waals surface area contributed by atoms with Crippen molar-refractivity contribution in [3.63, 3.8) is 0 Å². The number of fused-ring (bicyclic) bond motifs is 2. The molecule has 0 radical (unpaired) electrons. The maximum absolute atomic E-state index is 9.10. The topological polar surface area (TPSA) is 217 Å². The van der Waals surface area contributed by atoms with Gasteiger partial charge in [-0.3, -0.25) is 9.80 Å². The number of carboxylic acid groups (broad SMARTS) is 2. The zero-order valence-electron chi connectivity index (χ0n) is 33.0. The van der Waals surface area contributed by atoms with Crippen molar-refractivity contribution in [2.24, 2.45) is 10.3 Å². The summed E-state index contributed by atoms with van der Waals surface area (Å²) in [7, 11) is 6.48. The highest BCUT2D eigenvalue weighted by Gasteiger charge is 2.32. The van der Waals surface area contributed by atoms with Gasteiger partial charge in [-0.2, -0.15) is 0 Å². The number of hydrogen-bond acceptors (Lipinski definition) is 18. The van der Waals surface area contributed by atoms with Gasteiger partial charge in [0.2, 0.25) is 36.6 Å². The Kier molecular flexibility index (Phi) is 14.8. The van der Waals surface area contributed by atoms with Gasteiger partial charge in [0.1, 0.15) is 12.2 Å². The molecule has 20 nitrogen and oxygen atoms in total. The Bertz CT molecular complexity index is 1680. The van der Waals surface area contributed by atoms with Crippen LogP contribution in [0.15, 0.2) is 22.4 Å². The van der Waals surface area contributed by atoms with E-state index < -0.39 is 11.9 Å². The average molecular weight is 819 g/mol. The second-order valence-electron chi connectivity index (χ2n) is 13.6. The van der Waals surface area contributed by atoms with Gasteiger partial charge in [0.05, 0.1) is 66.3 Å². The lowest BCUT2D eigenvalue weighted by molar-refractivity contribution is -0.159. The fourth-order valence-electron chi connectivity index (χ4n) is 7.09. The van der Waals surface area contributed by atoms with Gasteiger partial charge in [0.15, 0.2) is 23.0 Å². The number of carboxylic acids is 2. The van der Waals surface area contributed by atoms with E-state index in [4.69, 9.17) is 76.8 Å². The van der Waals surface area contributed by atoms with E-state index in [0.29, 0.717) is 58.8 Å². The van der Waals surface area contributed by atoms with Crippen LogP contribution in [0.4, 0.5) is 0 Å². The highest BCUT2D eigenvalue weighted by molar-refractivity contribution is 6.27. The molecule has 318 valence electrons. The van der Waals surface area contributed by atoms with Crippen LogP contribution in [0.25, 0.3) is 0 Å². The van der Waals surface area contributed by atoms with Crippen molar-refractivity contribution in [3.05, 3.63) is 23.3 Å². The van der Waals surface area contributed by atoms with Crippen molar-refractivity contribution in [2.45, 2.75) is 37.9 Å². The third kappa shape index (κ3) is 10.5. The van der Waals surface area contributed by atoms with E-state index in [1.54, 1.807) is 28.4 Å². The summed E-state index contributed by atoms with van der Waals surface area (Å²) in [6, 6.07) is 3.85. The van der Waals surface area contributed by atoms with Crippen LogP contribution >= 0.6 is 0 Å². The zero-order chi connectivity index (χ0) is 41.0. The summed E-state index contributed by atoms with van der Waals surface area (Å²) in [5.74, 6) is 1.33. The molecule has 2 unspecified atom stereocenters. The van der Waals surface area contributed by atoms with E-state index >= 15 is 0 Å². The first-order chi connectivity index (χ1) is 28.2. The number of benzene rings is 2. The molecule has 0 amide bonds. The van der Waals surface area contributed by atoms with Crippen LogP contribution < -0.4 is 37.9 Å². The SMILES string of the molecule is COc1cc(CC2CC(CN3CCOCC3)=NO2)c(OC)c2c1OCO2.COc1cc(CC2CC(CN3CCOCC3)=NO2)c(OC)c2c1OCO2.O=C(O)C(=O)O. The summed E-state index contributed by atoms with van der Waals surface area (Å²) in [6.45, 7) is 8.90. The van der Waals surface area contributed by atoms with Crippen LogP contribution in [-0.2, 0) is 41.6 Å². The maximum atomic E-state index is 9.10. The molecule has 0 saturated carbocycles. The predicted octanol–water partition coefficient (Wildman–Crippen LogP) is 2.06. The molecule has 58 heavy (non-hydrogen) atoms. The first-order valence-corrected chi connectivity index (χ1v) is 18.8. The Morgan fingerprint density at radius 2 is 1.00 bits per heavy atom. The highest BCUT2D eigenvalue weighted by Crippen LogP contribution is 2.51. The van der Waals surface area contributed by atoms with Crippen molar-refractivity contribution in [1.29, 1.82) is 0 Å². The van der Waals surface area contributed by atoms with Crippen molar-refractivity contribution in [1.82, 2.24) is 9.80 Å². The molecule has 2 N–H and O–H groups in total. The zero-order valence-corrected chi connectivity index (χ0v) is 33.0. The van der Waals surface area contributed by atoms with E-state index in [2.05, 4.69) is 20.1 Å². The number of morpholine rings is 2. The van der Waals surface area contributed by atoms with Gasteiger partial charge in [0, 0.05) is 76.1 Å². The summed E-state index contributed by atoms with van der Waals surface area (Å²) in [5, 5.41) is 23.4. The van der Waals surface area contributed by atoms with E-state index in [9.17, 15) is 0 Å². The first-order valence-electron chi connectivity index (χ1n) is 18.8. The van der Waals surface area contributed by atoms with Crippen molar-refractivity contribution in [3.8, 4) is 46.0 Å². The minimum absolute atomic E-state index is 0.0231. The van der Waals surface area contributed by atoms with Crippen LogP contribution in [0.3, 0.4) is 0 Å². The number of carbonyl (C=O) groups is 2. The van der Waals surface area contributed by atoms with Gasteiger partial charge < -0.3 is 67.3 Å². The molecule has 2 aromatic carbocycles. The molecule has 2 aromatic rings. The van der Waals surface area contributed by atoms with Gasteiger partial charge in [-0.25, -0.2) is 9.59 Å². The lowest BCUT2D eigenvalue weighted by Gasteiger charge is -2.26. The molecular formula is C38H50N4O16. The summed E-state index contributed by atoms with van der Waals surface area (Å²) in [5.41, 5.74) is 4.06. The van der Waals surface area contributed by atoms with Gasteiger partial charge in [-0.15, -0.1) is 0 Å². The molecule has 8 rings (SSSR count). The van der Waals surface area contributed by atoms with Gasteiger partial charge >= 0.3 is 11.9 Å². The lowest BCUT2D eigenvalue weighted by Crippen LogP contribution is -2.39. The summed E-state index contributed by atoms with van der Waals surface area (Å²) in [6.07, 6.45) is 2.88. The molecule has 2 atom stereocenters. The molecule has 6 aliphatic heterocycles. The fraction of sp³-hybridized carbons (Fsp3) is 0.579. The number of methoxy groups -OCH3 is 4. The standard InChI is InChI=1S/2C18H24N2O6.C2H2O4/c2*1-21-15-8-12(16(22-2)18-17(15)24-11-25-18)7-14-9-13(19-26-14)10-20-3-5-23-6-4-20;3-1(4)2(5)6/h2*8,14H,3-7,9-11H2,1-2H3;(H,3,4)(H,5,6). The lowest BCUT2D eigenvalue weighted by atomic mass is 10.0. The minimum atomic E-state index is -1.82. The number of oxime groups is 2. The molecule has 0 aliphatic carbocycles. The Morgan fingerprint density at radius 3 is 1.34 bits per heavy atom. The molecule has 6 heterocycles. The van der Waals surface area contributed by atoms with Crippen LogP contribution in [-0.4, -0.2) is 163 Å². The number of nitrogens with zero attached hydrogens (tertiary/aromatic N) is 4. The molecular weight excluding hydrogens is 768 g/mol. The largest absolute Gasteiger partial charge is 0.493 e. The van der Waals surface area contributed by atoms with Crippen LogP contribution in [0.5, 0.6) is 46.0 Å². The Balaban J connectivity index is 0.000000172. The predicted molar refractivity (Wildman–Crippen MR) is 202 cm³/mol. The summed E-state index contributed by atoms with van der Waals surface area (Å²) < 4.78 is 54.9. The second kappa shape index (κ2) is 20.3. The molecule has 0 spiro atoms. The Hall–Kier alpha value is -5.44. The average Bonchev–Trinajstić information content (AvgIpc) is 4.08. The molecule has 2 fully saturated rings. The minimum Gasteiger partial charge on any atom is -0.493 e. The van der Waals surface area contributed by atoms with Crippen LogP contribution in [0, 0.1) is 0 Å². The molecule has 20 heteroatoms. The molecule has 0 bridgehead atoms. The smallest absolute Gasteiger partial charge is 0.414 e. The number of hydrogen-bond donors (Lipinski definition) is 2. The van der Waals surface area contributed by atoms with Crippen LogP contribution in [0.1, 0.15) is 24.0 Å². The number of ether oxygens (including phenoxy) is 10. The Morgan fingerprint density at radius 1 is 0.621 bits per heavy atom. The van der Waals surface area contributed by atoms with Gasteiger partial charge in [-0.1, -0.05) is 10.3 Å².